The first kappa shape index (κ1) is 21.1. The molecule has 1 aromatic carbocycles. The summed E-state index contributed by atoms with van der Waals surface area (Å²) in [5, 5.41) is 5.63. The lowest BCUT2D eigenvalue weighted by molar-refractivity contribution is 0.556. The molecule has 0 unspecified atom stereocenters. The van der Waals surface area contributed by atoms with Crippen LogP contribution >= 0.6 is 23.2 Å². The van der Waals surface area contributed by atoms with Crippen molar-refractivity contribution in [3.63, 3.8) is 0 Å². The number of halogens is 2. The number of nitrogens with zero attached hydrogens (tertiary/aromatic N) is 6. The number of nitrogens with one attached hydrogen (secondary N) is 1. The molecular weight excluding hydrogens is 421 g/mol. The van der Waals surface area contributed by atoms with E-state index < -0.39 is 0 Å². The number of benzene rings is 1. The zero-order chi connectivity index (χ0) is 20.9. The van der Waals surface area contributed by atoms with Gasteiger partial charge in [0.25, 0.3) is 0 Å². The molecule has 3 heterocycles. The lowest BCUT2D eigenvalue weighted by Crippen LogP contribution is -2.34. The fourth-order valence-electron chi connectivity index (χ4n) is 3.85. The standard InChI is InChI=1S/C21H27Cl2N7/c1-15(17-9-8-16(22)14-18(17)23)27-28-19-24-20(29-10-4-2-5-11-29)26-21(25-19)30-12-6-3-7-13-30/h8-9,14H,2-7,10-13H2,1H3,(H,24,25,26,28)/b27-15-. The average molecular weight is 448 g/mol. The van der Waals surface area contributed by atoms with Gasteiger partial charge in [-0.3, -0.25) is 0 Å². The fourth-order valence-corrected chi connectivity index (χ4v) is 4.40. The largest absolute Gasteiger partial charge is 0.341 e. The molecule has 9 heteroatoms. The fraction of sp³-hybridized carbons (Fsp3) is 0.524. The van der Waals surface area contributed by atoms with E-state index >= 15 is 0 Å². The predicted octanol–water partition coefficient (Wildman–Crippen LogP) is 5.00. The van der Waals surface area contributed by atoms with Crippen LogP contribution in [-0.4, -0.2) is 46.8 Å². The van der Waals surface area contributed by atoms with Gasteiger partial charge in [-0.05, 0) is 57.6 Å². The van der Waals surface area contributed by atoms with Gasteiger partial charge in [-0.1, -0.05) is 29.3 Å². The van der Waals surface area contributed by atoms with Crippen LogP contribution in [0.2, 0.25) is 10.0 Å². The molecule has 2 aliphatic heterocycles. The van der Waals surface area contributed by atoms with Gasteiger partial charge in [0.15, 0.2) is 0 Å². The summed E-state index contributed by atoms with van der Waals surface area (Å²) in [6, 6.07) is 5.37. The highest BCUT2D eigenvalue weighted by atomic mass is 35.5. The Labute approximate surface area is 187 Å². The Morgan fingerprint density at radius 2 is 1.43 bits per heavy atom. The lowest BCUT2D eigenvalue weighted by atomic mass is 10.1. The number of hydrogen-bond acceptors (Lipinski definition) is 7. The molecule has 2 aliphatic rings. The van der Waals surface area contributed by atoms with Gasteiger partial charge in [0.1, 0.15) is 0 Å². The van der Waals surface area contributed by atoms with Crippen LogP contribution in [0.3, 0.4) is 0 Å². The summed E-state index contributed by atoms with van der Waals surface area (Å²) in [5.74, 6) is 1.91. The summed E-state index contributed by atoms with van der Waals surface area (Å²) in [6.07, 6.45) is 7.19. The highest BCUT2D eigenvalue weighted by molar-refractivity contribution is 6.37. The first-order chi connectivity index (χ1) is 14.6. The summed E-state index contributed by atoms with van der Waals surface area (Å²) >= 11 is 12.3. The molecule has 0 atom stereocenters. The van der Waals surface area contributed by atoms with Crippen molar-refractivity contribution in [3.05, 3.63) is 33.8 Å². The second-order valence-corrected chi connectivity index (χ2v) is 8.63. The topological polar surface area (TPSA) is 69.5 Å². The van der Waals surface area contributed by atoms with E-state index in [0.717, 1.165) is 49.4 Å². The van der Waals surface area contributed by atoms with Gasteiger partial charge in [-0.15, -0.1) is 0 Å². The van der Waals surface area contributed by atoms with Crippen molar-refractivity contribution in [2.45, 2.75) is 45.4 Å². The van der Waals surface area contributed by atoms with E-state index in [1.54, 1.807) is 12.1 Å². The van der Waals surface area contributed by atoms with Crippen LogP contribution in [0, 0.1) is 0 Å². The summed E-state index contributed by atoms with van der Waals surface area (Å²) in [4.78, 5) is 18.6. The van der Waals surface area contributed by atoms with Crippen molar-refractivity contribution < 1.29 is 0 Å². The summed E-state index contributed by atoms with van der Waals surface area (Å²) < 4.78 is 0. The third-order valence-electron chi connectivity index (χ3n) is 5.53. The molecule has 1 aromatic heterocycles. The van der Waals surface area contributed by atoms with Crippen molar-refractivity contribution >= 4 is 46.8 Å². The summed E-state index contributed by atoms with van der Waals surface area (Å²) in [7, 11) is 0. The number of hydrogen-bond donors (Lipinski definition) is 1. The van der Waals surface area contributed by atoms with Crippen LogP contribution < -0.4 is 15.2 Å². The van der Waals surface area contributed by atoms with Crippen molar-refractivity contribution in [1.82, 2.24) is 15.0 Å². The Morgan fingerprint density at radius 3 is 1.97 bits per heavy atom. The highest BCUT2D eigenvalue weighted by Gasteiger charge is 2.20. The molecule has 2 aromatic rings. The zero-order valence-corrected chi connectivity index (χ0v) is 18.8. The average Bonchev–Trinajstić information content (AvgIpc) is 2.78. The van der Waals surface area contributed by atoms with Crippen molar-refractivity contribution in [1.29, 1.82) is 0 Å². The SMILES string of the molecule is C/C(=N/Nc1nc(N2CCCCC2)nc(N2CCCCC2)n1)c1ccc(Cl)cc1Cl. The van der Waals surface area contributed by atoms with E-state index in [1.807, 2.05) is 13.0 Å². The van der Waals surface area contributed by atoms with Crippen molar-refractivity contribution in [3.8, 4) is 0 Å². The van der Waals surface area contributed by atoms with E-state index in [-0.39, 0.29) is 0 Å². The smallest absolute Gasteiger partial charge is 0.250 e. The molecule has 0 aliphatic carbocycles. The van der Waals surface area contributed by atoms with E-state index in [4.69, 9.17) is 28.2 Å². The summed E-state index contributed by atoms with van der Waals surface area (Å²) in [6.45, 7) is 5.80. The van der Waals surface area contributed by atoms with Gasteiger partial charge in [-0.25, -0.2) is 5.43 Å². The molecule has 0 bridgehead atoms. The van der Waals surface area contributed by atoms with Gasteiger partial charge < -0.3 is 9.80 Å². The van der Waals surface area contributed by atoms with E-state index in [0.29, 0.717) is 16.0 Å². The predicted molar refractivity (Wildman–Crippen MR) is 124 cm³/mol. The third-order valence-corrected chi connectivity index (χ3v) is 6.08. The molecule has 0 spiro atoms. The Morgan fingerprint density at radius 1 is 0.867 bits per heavy atom. The monoisotopic (exact) mass is 447 g/mol. The van der Waals surface area contributed by atoms with Gasteiger partial charge in [0.05, 0.1) is 10.7 Å². The Hall–Kier alpha value is -2.12. The quantitative estimate of drug-likeness (QED) is 0.513. The molecule has 4 rings (SSSR count). The molecule has 30 heavy (non-hydrogen) atoms. The highest BCUT2D eigenvalue weighted by Crippen LogP contribution is 2.24. The number of anilines is 3. The molecule has 0 amide bonds. The summed E-state index contributed by atoms with van der Waals surface area (Å²) in [5.41, 5.74) is 4.57. The molecule has 0 saturated carbocycles. The Bertz CT molecular complexity index is 870. The van der Waals surface area contributed by atoms with Gasteiger partial charge in [-0.2, -0.15) is 20.1 Å². The number of piperidine rings is 2. The van der Waals surface area contributed by atoms with Crippen molar-refractivity contribution in [2.75, 3.05) is 41.4 Å². The van der Waals surface area contributed by atoms with E-state index in [2.05, 4.69) is 30.3 Å². The Balaban J connectivity index is 1.60. The Kier molecular flexibility index (Phi) is 6.89. The number of rotatable bonds is 5. The molecular formula is C21H27Cl2N7. The molecule has 0 radical (unpaired) electrons. The van der Waals surface area contributed by atoms with Crippen LogP contribution in [0.1, 0.15) is 51.0 Å². The zero-order valence-electron chi connectivity index (χ0n) is 17.2. The van der Waals surface area contributed by atoms with Gasteiger partial charge in [0.2, 0.25) is 17.8 Å². The lowest BCUT2D eigenvalue weighted by Gasteiger charge is -2.30. The third kappa shape index (κ3) is 5.13. The molecule has 7 nitrogen and oxygen atoms in total. The molecule has 2 saturated heterocycles. The van der Waals surface area contributed by atoms with Crippen LogP contribution in [0.15, 0.2) is 23.3 Å². The van der Waals surface area contributed by atoms with Gasteiger partial charge >= 0.3 is 0 Å². The minimum atomic E-state index is 0.454. The van der Waals surface area contributed by atoms with Crippen LogP contribution in [0.4, 0.5) is 17.8 Å². The maximum Gasteiger partial charge on any atom is 0.250 e. The maximum absolute atomic E-state index is 6.31. The normalized spacial score (nSPS) is 17.9. The minimum absolute atomic E-state index is 0.454. The molecule has 160 valence electrons. The van der Waals surface area contributed by atoms with Crippen LogP contribution in [0.25, 0.3) is 0 Å². The first-order valence-electron chi connectivity index (χ1n) is 10.6. The van der Waals surface area contributed by atoms with E-state index in [9.17, 15) is 0 Å². The second-order valence-electron chi connectivity index (χ2n) is 7.79. The first-order valence-corrected chi connectivity index (χ1v) is 11.4. The van der Waals surface area contributed by atoms with E-state index in [1.165, 1.54) is 38.5 Å². The minimum Gasteiger partial charge on any atom is -0.341 e. The van der Waals surface area contributed by atoms with Crippen molar-refractivity contribution in [2.24, 2.45) is 5.10 Å². The van der Waals surface area contributed by atoms with Gasteiger partial charge in [0, 0.05) is 36.8 Å². The molecule has 2 fully saturated rings. The second kappa shape index (κ2) is 9.79. The number of hydrazone groups is 1. The van der Waals surface area contributed by atoms with Crippen LogP contribution in [-0.2, 0) is 0 Å². The number of aromatic nitrogens is 3. The maximum atomic E-state index is 6.31. The molecule has 1 N–H and O–H groups in total. The van der Waals surface area contributed by atoms with Crippen LogP contribution in [0.5, 0.6) is 0 Å².